The van der Waals surface area contributed by atoms with Crippen LogP contribution in [0.25, 0.3) is 0 Å². The van der Waals surface area contributed by atoms with Crippen molar-refractivity contribution in [2.75, 3.05) is 0 Å². The summed E-state index contributed by atoms with van der Waals surface area (Å²) in [5.74, 6) is 0. The van der Waals surface area contributed by atoms with Crippen LogP contribution in [0.3, 0.4) is 0 Å². The normalized spacial score (nSPS) is 21.4. The summed E-state index contributed by atoms with van der Waals surface area (Å²) in [6.07, 6.45) is 16.7. The fourth-order valence-corrected chi connectivity index (χ4v) is 3.90. The van der Waals surface area contributed by atoms with Crippen LogP contribution >= 0.6 is 0 Å². The van der Waals surface area contributed by atoms with Gasteiger partial charge in [0.25, 0.3) is 0 Å². The molecule has 1 saturated heterocycles. The molecule has 1 fully saturated rings. The molecule has 0 aliphatic carbocycles. The molecule has 2 atom stereocenters. The van der Waals surface area contributed by atoms with Gasteiger partial charge in [-0.25, -0.2) is 4.79 Å². The number of ether oxygens (including phenoxy) is 1. The van der Waals surface area contributed by atoms with E-state index in [1.165, 1.54) is 64.2 Å². The number of piperidine rings is 1. The minimum absolute atomic E-state index is 0.111. The van der Waals surface area contributed by atoms with Gasteiger partial charge >= 0.3 is 6.09 Å². The van der Waals surface area contributed by atoms with Gasteiger partial charge < -0.3 is 9.64 Å². The Bertz CT molecular complexity index is 362. The van der Waals surface area contributed by atoms with Crippen molar-refractivity contribution in [3.05, 3.63) is 0 Å². The largest absolute Gasteiger partial charge is 0.444 e. The molecule has 148 valence electrons. The molecule has 0 bridgehead atoms. The van der Waals surface area contributed by atoms with E-state index in [9.17, 15) is 4.79 Å². The first kappa shape index (κ1) is 22.3. The fourth-order valence-electron chi connectivity index (χ4n) is 3.90. The maximum Gasteiger partial charge on any atom is 0.410 e. The maximum absolute atomic E-state index is 12.6. The molecular weight excluding hydrogens is 310 g/mol. The van der Waals surface area contributed by atoms with Crippen LogP contribution in [0.2, 0.25) is 0 Å². The standard InChI is InChI=1S/C22H43NO2/c1-6-7-8-9-10-11-12-13-14-17-20-18-15-16-19(2)23(20)21(24)25-22(3,4)5/h19-20H,6-18H2,1-5H3/t19-,20-/m1/s1. The van der Waals surface area contributed by atoms with Gasteiger partial charge in [-0.3, -0.25) is 0 Å². The van der Waals surface area contributed by atoms with Crippen LogP contribution in [0.1, 0.15) is 118 Å². The highest BCUT2D eigenvalue weighted by Gasteiger charge is 2.34. The van der Waals surface area contributed by atoms with Crippen molar-refractivity contribution in [1.82, 2.24) is 4.90 Å². The molecule has 0 aromatic heterocycles. The Labute approximate surface area is 156 Å². The van der Waals surface area contributed by atoms with Gasteiger partial charge in [0.05, 0.1) is 0 Å². The van der Waals surface area contributed by atoms with Crippen molar-refractivity contribution >= 4 is 6.09 Å². The van der Waals surface area contributed by atoms with Gasteiger partial charge in [-0.1, -0.05) is 64.7 Å². The lowest BCUT2D eigenvalue weighted by molar-refractivity contribution is -0.00430. The Morgan fingerprint density at radius 1 is 0.960 bits per heavy atom. The second-order valence-electron chi connectivity index (χ2n) is 8.94. The molecule has 3 nitrogen and oxygen atoms in total. The molecule has 1 aliphatic heterocycles. The first-order chi connectivity index (χ1) is 11.8. The lowest BCUT2D eigenvalue weighted by atomic mass is 9.93. The number of likely N-dealkylation sites (tertiary alicyclic amines) is 1. The van der Waals surface area contributed by atoms with Crippen molar-refractivity contribution in [3.63, 3.8) is 0 Å². The summed E-state index contributed by atoms with van der Waals surface area (Å²) < 4.78 is 5.66. The van der Waals surface area contributed by atoms with Gasteiger partial charge in [0.2, 0.25) is 0 Å². The summed E-state index contributed by atoms with van der Waals surface area (Å²) in [5, 5.41) is 0. The van der Waals surface area contributed by atoms with Crippen molar-refractivity contribution < 1.29 is 9.53 Å². The average molecular weight is 354 g/mol. The van der Waals surface area contributed by atoms with E-state index in [1.807, 2.05) is 25.7 Å². The fraction of sp³-hybridized carbons (Fsp3) is 0.955. The quantitative estimate of drug-likeness (QED) is 0.392. The third-order valence-electron chi connectivity index (χ3n) is 5.27. The van der Waals surface area contributed by atoms with Gasteiger partial charge in [0, 0.05) is 12.1 Å². The second kappa shape index (κ2) is 11.8. The molecule has 1 rings (SSSR count). The number of nitrogens with zero attached hydrogens (tertiary/aromatic N) is 1. The molecule has 0 spiro atoms. The minimum Gasteiger partial charge on any atom is -0.444 e. The van der Waals surface area contributed by atoms with Crippen molar-refractivity contribution in [2.45, 2.75) is 136 Å². The lowest BCUT2D eigenvalue weighted by Gasteiger charge is -2.41. The van der Waals surface area contributed by atoms with Gasteiger partial charge in [0.1, 0.15) is 5.60 Å². The van der Waals surface area contributed by atoms with Crippen molar-refractivity contribution in [2.24, 2.45) is 0 Å². The zero-order valence-corrected chi connectivity index (χ0v) is 17.6. The summed E-state index contributed by atoms with van der Waals surface area (Å²) in [4.78, 5) is 14.6. The van der Waals surface area contributed by atoms with Crippen LogP contribution in [0, 0.1) is 0 Å². The summed E-state index contributed by atoms with van der Waals surface area (Å²) in [6.45, 7) is 10.3. The molecule has 3 heteroatoms. The number of amides is 1. The second-order valence-corrected chi connectivity index (χ2v) is 8.94. The predicted octanol–water partition coefficient (Wildman–Crippen LogP) is 7.09. The van der Waals surface area contributed by atoms with Gasteiger partial charge in [0.15, 0.2) is 0 Å². The molecular formula is C22H43NO2. The molecule has 25 heavy (non-hydrogen) atoms. The summed E-state index contributed by atoms with van der Waals surface area (Å²) in [5.41, 5.74) is -0.406. The number of unbranched alkanes of at least 4 members (excludes halogenated alkanes) is 8. The Hall–Kier alpha value is -0.730. The molecule has 0 aromatic carbocycles. The summed E-state index contributed by atoms with van der Waals surface area (Å²) >= 11 is 0. The highest BCUT2D eigenvalue weighted by atomic mass is 16.6. The molecule has 1 heterocycles. The number of hydrogen-bond donors (Lipinski definition) is 0. The number of hydrogen-bond acceptors (Lipinski definition) is 2. The first-order valence-corrected chi connectivity index (χ1v) is 10.9. The molecule has 0 N–H and O–H groups in total. The Balaban J connectivity index is 2.28. The topological polar surface area (TPSA) is 29.5 Å². The van der Waals surface area contributed by atoms with E-state index in [2.05, 4.69) is 13.8 Å². The number of carbonyl (C=O) groups is 1. The van der Waals surface area contributed by atoms with Gasteiger partial charge in [-0.05, 0) is 53.4 Å². The predicted molar refractivity (Wildman–Crippen MR) is 107 cm³/mol. The summed E-state index contributed by atoms with van der Waals surface area (Å²) in [7, 11) is 0. The zero-order valence-electron chi connectivity index (χ0n) is 17.6. The zero-order chi connectivity index (χ0) is 18.7. The third kappa shape index (κ3) is 9.51. The van der Waals surface area contributed by atoms with Crippen LogP contribution in [-0.4, -0.2) is 28.7 Å². The van der Waals surface area contributed by atoms with Crippen LogP contribution < -0.4 is 0 Å². The van der Waals surface area contributed by atoms with Gasteiger partial charge in [-0.15, -0.1) is 0 Å². The Morgan fingerprint density at radius 3 is 2.08 bits per heavy atom. The third-order valence-corrected chi connectivity index (χ3v) is 5.27. The highest BCUT2D eigenvalue weighted by Crippen LogP contribution is 2.28. The van der Waals surface area contributed by atoms with E-state index in [4.69, 9.17) is 4.74 Å². The lowest BCUT2D eigenvalue weighted by Crippen LogP contribution is -2.50. The molecule has 0 radical (unpaired) electrons. The molecule has 0 unspecified atom stereocenters. The Kier molecular flexibility index (Phi) is 10.5. The van der Waals surface area contributed by atoms with E-state index in [-0.39, 0.29) is 6.09 Å². The molecule has 0 saturated carbocycles. The molecule has 0 aromatic rings. The van der Waals surface area contributed by atoms with Crippen molar-refractivity contribution in [3.8, 4) is 0 Å². The first-order valence-electron chi connectivity index (χ1n) is 10.9. The number of carbonyl (C=O) groups excluding carboxylic acids is 1. The van der Waals surface area contributed by atoms with Crippen LogP contribution in [-0.2, 0) is 4.74 Å². The highest BCUT2D eigenvalue weighted by molar-refractivity contribution is 5.69. The van der Waals surface area contributed by atoms with E-state index < -0.39 is 5.60 Å². The number of rotatable bonds is 10. The van der Waals surface area contributed by atoms with Crippen molar-refractivity contribution in [1.29, 1.82) is 0 Å². The van der Waals surface area contributed by atoms with E-state index in [0.717, 1.165) is 19.3 Å². The van der Waals surface area contributed by atoms with Crippen LogP contribution in [0.5, 0.6) is 0 Å². The smallest absolute Gasteiger partial charge is 0.410 e. The SMILES string of the molecule is CCCCCCCCCCC[C@@H]1CCC[C@@H](C)N1C(=O)OC(C)(C)C. The molecule has 1 amide bonds. The van der Waals surface area contributed by atoms with Gasteiger partial charge in [-0.2, -0.15) is 0 Å². The monoisotopic (exact) mass is 353 g/mol. The molecule has 1 aliphatic rings. The average Bonchev–Trinajstić information content (AvgIpc) is 2.51. The Morgan fingerprint density at radius 2 is 1.52 bits per heavy atom. The van der Waals surface area contributed by atoms with Crippen LogP contribution in [0.4, 0.5) is 4.79 Å². The van der Waals surface area contributed by atoms with Crippen LogP contribution in [0.15, 0.2) is 0 Å². The van der Waals surface area contributed by atoms with E-state index in [0.29, 0.717) is 12.1 Å². The minimum atomic E-state index is -0.406. The van der Waals surface area contributed by atoms with E-state index >= 15 is 0 Å². The summed E-state index contributed by atoms with van der Waals surface area (Å²) in [6, 6.07) is 0.690. The van der Waals surface area contributed by atoms with E-state index in [1.54, 1.807) is 0 Å². The maximum atomic E-state index is 12.6.